The van der Waals surface area contributed by atoms with Crippen molar-refractivity contribution in [1.29, 1.82) is 0 Å². The number of hydrogen-bond donors (Lipinski definition) is 1. The predicted molar refractivity (Wildman–Crippen MR) is 61.9 cm³/mol. The van der Waals surface area contributed by atoms with E-state index in [4.69, 9.17) is 5.11 Å². The van der Waals surface area contributed by atoms with Crippen LogP contribution in [0.25, 0.3) is 0 Å². The minimum Gasteiger partial charge on any atom is -0.396 e. The van der Waals surface area contributed by atoms with Crippen molar-refractivity contribution in [1.82, 2.24) is 4.90 Å². The number of carbonyl (C=O) groups is 1. The first-order chi connectivity index (χ1) is 8.19. The summed E-state index contributed by atoms with van der Waals surface area (Å²) in [6.07, 6.45) is 1.17. The average Bonchev–Trinajstić information content (AvgIpc) is 2.69. The molecule has 0 aliphatic carbocycles. The summed E-state index contributed by atoms with van der Waals surface area (Å²) >= 11 is 0. The molecule has 0 aromatic heterocycles. The van der Waals surface area contributed by atoms with Crippen molar-refractivity contribution < 1.29 is 14.3 Å². The first-order valence-corrected chi connectivity index (χ1v) is 5.82. The highest BCUT2D eigenvalue weighted by Gasteiger charge is 2.28. The summed E-state index contributed by atoms with van der Waals surface area (Å²) < 4.78 is 12.7. The van der Waals surface area contributed by atoms with E-state index in [0.29, 0.717) is 19.5 Å². The van der Waals surface area contributed by atoms with Gasteiger partial charge in [0.25, 0.3) is 0 Å². The van der Waals surface area contributed by atoms with Gasteiger partial charge in [0.1, 0.15) is 5.82 Å². The van der Waals surface area contributed by atoms with Crippen LogP contribution in [0.3, 0.4) is 0 Å². The Morgan fingerprint density at radius 3 is 2.65 bits per heavy atom. The van der Waals surface area contributed by atoms with E-state index in [-0.39, 0.29) is 24.2 Å². The van der Waals surface area contributed by atoms with Crippen LogP contribution in [-0.2, 0) is 11.2 Å². The zero-order valence-electron chi connectivity index (χ0n) is 9.60. The van der Waals surface area contributed by atoms with Crippen molar-refractivity contribution in [3.8, 4) is 0 Å². The highest BCUT2D eigenvalue weighted by atomic mass is 19.1. The molecule has 0 radical (unpaired) electrons. The molecule has 1 unspecified atom stereocenters. The van der Waals surface area contributed by atoms with Crippen LogP contribution >= 0.6 is 0 Å². The van der Waals surface area contributed by atoms with Gasteiger partial charge < -0.3 is 10.0 Å². The molecular formula is C13H16FNO2. The molecule has 3 nitrogen and oxygen atoms in total. The highest BCUT2D eigenvalue weighted by molar-refractivity contribution is 5.78. The molecule has 1 aliphatic heterocycles. The molecule has 1 N–H and O–H groups in total. The predicted octanol–water partition coefficient (Wildman–Crippen LogP) is 1.21. The van der Waals surface area contributed by atoms with Crippen LogP contribution < -0.4 is 0 Å². The lowest BCUT2D eigenvalue weighted by Crippen LogP contribution is -2.27. The maximum Gasteiger partial charge on any atom is 0.223 e. The number of rotatable bonds is 4. The molecule has 0 spiro atoms. The monoisotopic (exact) mass is 237 g/mol. The van der Waals surface area contributed by atoms with E-state index in [0.717, 1.165) is 12.0 Å². The van der Waals surface area contributed by atoms with Crippen LogP contribution in [0.5, 0.6) is 0 Å². The van der Waals surface area contributed by atoms with Gasteiger partial charge in [-0.2, -0.15) is 0 Å². The van der Waals surface area contributed by atoms with Gasteiger partial charge in [-0.05, 0) is 24.1 Å². The van der Waals surface area contributed by atoms with E-state index in [1.165, 1.54) is 12.1 Å². The lowest BCUT2D eigenvalue weighted by molar-refractivity contribution is -0.127. The maximum atomic E-state index is 12.7. The second-order valence-electron chi connectivity index (χ2n) is 4.47. The molecule has 1 amide bonds. The van der Waals surface area contributed by atoms with Gasteiger partial charge in [0.15, 0.2) is 0 Å². The van der Waals surface area contributed by atoms with Gasteiger partial charge in [-0.3, -0.25) is 4.79 Å². The Kier molecular flexibility index (Phi) is 3.74. The van der Waals surface area contributed by atoms with Crippen LogP contribution in [-0.4, -0.2) is 35.6 Å². The van der Waals surface area contributed by atoms with E-state index in [1.807, 2.05) is 0 Å². The van der Waals surface area contributed by atoms with Gasteiger partial charge in [0.05, 0.1) is 0 Å². The molecule has 1 saturated heterocycles. The summed E-state index contributed by atoms with van der Waals surface area (Å²) in [5.74, 6) is -0.0618. The van der Waals surface area contributed by atoms with Crippen LogP contribution in [0.4, 0.5) is 4.39 Å². The van der Waals surface area contributed by atoms with Crippen molar-refractivity contribution in [2.75, 3.05) is 19.7 Å². The number of benzene rings is 1. The average molecular weight is 237 g/mol. The van der Waals surface area contributed by atoms with Crippen LogP contribution in [0.1, 0.15) is 12.0 Å². The SMILES string of the molecule is O=C1CC(CO)CN1CCc1ccc(F)cc1. The Morgan fingerprint density at radius 2 is 2.06 bits per heavy atom. The van der Waals surface area contributed by atoms with Gasteiger partial charge in [-0.25, -0.2) is 4.39 Å². The minimum absolute atomic E-state index is 0.0682. The molecule has 4 heteroatoms. The van der Waals surface area contributed by atoms with Gasteiger partial charge in [0, 0.05) is 32.0 Å². The third-order valence-corrected chi connectivity index (χ3v) is 3.14. The standard InChI is InChI=1S/C13H16FNO2/c14-12-3-1-10(2-4-12)5-6-15-8-11(9-16)7-13(15)17/h1-4,11,16H,5-9H2. The van der Waals surface area contributed by atoms with E-state index in [1.54, 1.807) is 17.0 Å². The second kappa shape index (κ2) is 5.27. The molecular weight excluding hydrogens is 221 g/mol. The smallest absolute Gasteiger partial charge is 0.223 e. The Bertz CT molecular complexity index is 391. The molecule has 17 heavy (non-hydrogen) atoms. The van der Waals surface area contributed by atoms with E-state index < -0.39 is 0 Å². The number of likely N-dealkylation sites (tertiary alicyclic amines) is 1. The molecule has 1 aromatic rings. The number of hydrogen-bond acceptors (Lipinski definition) is 2. The molecule has 1 aliphatic rings. The van der Waals surface area contributed by atoms with Gasteiger partial charge >= 0.3 is 0 Å². The lowest BCUT2D eigenvalue weighted by Gasteiger charge is -2.16. The van der Waals surface area contributed by atoms with E-state index in [9.17, 15) is 9.18 Å². The van der Waals surface area contributed by atoms with Crippen LogP contribution in [0.2, 0.25) is 0 Å². The normalized spacial score (nSPS) is 20.0. The minimum atomic E-state index is -0.244. The molecule has 92 valence electrons. The first-order valence-electron chi connectivity index (χ1n) is 5.82. The summed E-state index contributed by atoms with van der Waals surface area (Å²) in [5.41, 5.74) is 1.02. The number of carbonyl (C=O) groups excluding carboxylic acids is 1. The molecule has 1 fully saturated rings. The fourth-order valence-electron chi connectivity index (χ4n) is 2.11. The van der Waals surface area contributed by atoms with Crippen molar-refractivity contribution in [3.63, 3.8) is 0 Å². The largest absolute Gasteiger partial charge is 0.396 e. The fraction of sp³-hybridized carbons (Fsp3) is 0.462. The zero-order chi connectivity index (χ0) is 12.3. The van der Waals surface area contributed by atoms with Gasteiger partial charge in [-0.1, -0.05) is 12.1 Å². The van der Waals surface area contributed by atoms with E-state index in [2.05, 4.69) is 0 Å². The zero-order valence-corrected chi connectivity index (χ0v) is 9.60. The maximum absolute atomic E-state index is 12.7. The van der Waals surface area contributed by atoms with Crippen LogP contribution in [0, 0.1) is 11.7 Å². The number of aliphatic hydroxyl groups excluding tert-OH is 1. The Balaban J connectivity index is 1.86. The topological polar surface area (TPSA) is 40.5 Å². The molecule has 0 saturated carbocycles. The quantitative estimate of drug-likeness (QED) is 0.855. The molecule has 2 rings (SSSR count). The van der Waals surface area contributed by atoms with E-state index >= 15 is 0 Å². The fourth-order valence-corrected chi connectivity index (χ4v) is 2.11. The lowest BCUT2D eigenvalue weighted by atomic mass is 10.1. The summed E-state index contributed by atoms with van der Waals surface area (Å²) in [7, 11) is 0. The Morgan fingerprint density at radius 1 is 1.35 bits per heavy atom. The molecule has 1 atom stereocenters. The number of amides is 1. The summed E-state index contributed by atoms with van der Waals surface area (Å²) in [5, 5.41) is 9.00. The van der Waals surface area contributed by atoms with Crippen molar-refractivity contribution in [2.45, 2.75) is 12.8 Å². The highest BCUT2D eigenvalue weighted by Crippen LogP contribution is 2.17. The second-order valence-corrected chi connectivity index (χ2v) is 4.47. The Hall–Kier alpha value is -1.42. The summed E-state index contributed by atoms with van der Waals surface area (Å²) in [6.45, 7) is 1.34. The number of halogens is 1. The van der Waals surface area contributed by atoms with Crippen molar-refractivity contribution >= 4 is 5.91 Å². The molecule has 1 aromatic carbocycles. The third kappa shape index (κ3) is 3.03. The summed E-state index contributed by atoms with van der Waals surface area (Å²) in [4.78, 5) is 13.3. The first kappa shape index (κ1) is 12.0. The summed E-state index contributed by atoms with van der Waals surface area (Å²) in [6, 6.07) is 6.33. The Labute approximate surface area is 99.9 Å². The van der Waals surface area contributed by atoms with Crippen molar-refractivity contribution in [3.05, 3.63) is 35.6 Å². The van der Waals surface area contributed by atoms with Crippen LogP contribution in [0.15, 0.2) is 24.3 Å². The number of nitrogens with zero attached hydrogens (tertiary/aromatic N) is 1. The third-order valence-electron chi connectivity index (χ3n) is 3.14. The van der Waals surface area contributed by atoms with Crippen molar-refractivity contribution in [2.24, 2.45) is 5.92 Å². The molecule has 0 bridgehead atoms. The number of aliphatic hydroxyl groups is 1. The van der Waals surface area contributed by atoms with Gasteiger partial charge in [-0.15, -0.1) is 0 Å². The van der Waals surface area contributed by atoms with Gasteiger partial charge in [0.2, 0.25) is 5.91 Å². The molecule has 1 heterocycles.